The van der Waals surface area contributed by atoms with Gasteiger partial charge in [-0.1, -0.05) is 121 Å². The van der Waals surface area contributed by atoms with Gasteiger partial charge >= 0.3 is 12.1 Å². The predicted octanol–water partition coefficient (Wildman–Crippen LogP) is 4.16. The second-order valence-electron chi connectivity index (χ2n) is 8.75. The first-order valence-electron chi connectivity index (χ1n) is 11.3. The number of benzene rings is 4. The van der Waals surface area contributed by atoms with Crippen LogP contribution in [-0.2, 0) is 4.79 Å². The van der Waals surface area contributed by atoms with Crippen molar-refractivity contribution in [2.24, 2.45) is 0 Å². The smallest absolute Gasteiger partial charge is 0.373 e. The van der Waals surface area contributed by atoms with Crippen LogP contribution in [0.3, 0.4) is 0 Å². The fourth-order valence-electron chi connectivity index (χ4n) is 4.88. The number of hydrogen-bond acceptors (Lipinski definition) is 1. The van der Waals surface area contributed by atoms with Gasteiger partial charge in [0.25, 0.3) is 0 Å². The molecule has 4 aromatic carbocycles. The molecule has 0 heterocycles. The Balaban J connectivity index is 2.14. The lowest BCUT2D eigenvalue weighted by Crippen LogP contribution is -2.84. The summed E-state index contributed by atoms with van der Waals surface area (Å²) in [6, 6.07) is 36.7. The zero-order valence-corrected chi connectivity index (χ0v) is 21.5. The van der Waals surface area contributed by atoms with E-state index in [1.807, 2.05) is 134 Å². The van der Waals surface area contributed by atoms with E-state index in [4.69, 9.17) is 0 Å². The molecule has 0 unspecified atom stereocenters. The summed E-state index contributed by atoms with van der Waals surface area (Å²) in [7, 11) is -6.96. The van der Waals surface area contributed by atoms with E-state index in [1.54, 1.807) is 0 Å². The van der Waals surface area contributed by atoms with Gasteiger partial charge < -0.3 is 4.23 Å². The highest BCUT2D eigenvalue weighted by Crippen LogP contribution is 2.28. The van der Waals surface area contributed by atoms with Crippen LogP contribution in [0, 0.1) is 0 Å². The second-order valence-corrected chi connectivity index (χ2v) is 16.7. The SMILES string of the molecule is C[Si](c1ccccc1)(c1ccccc1)N(C(=O)C(F)(F)F)[Si](C)(c1ccccc1)c1ccccc1. The molecule has 178 valence electrons. The van der Waals surface area contributed by atoms with E-state index in [2.05, 4.69) is 0 Å². The summed E-state index contributed by atoms with van der Waals surface area (Å²) < 4.78 is 44.7. The van der Waals surface area contributed by atoms with Gasteiger partial charge in [-0.25, -0.2) is 0 Å². The Morgan fingerprint density at radius 1 is 0.543 bits per heavy atom. The van der Waals surface area contributed by atoms with E-state index in [1.165, 1.54) is 4.23 Å². The lowest BCUT2D eigenvalue weighted by molar-refractivity contribution is -0.177. The molecule has 0 spiro atoms. The number of alkyl halides is 3. The van der Waals surface area contributed by atoms with Gasteiger partial charge in [-0.3, -0.25) is 4.79 Å². The van der Waals surface area contributed by atoms with Gasteiger partial charge in [-0.15, -0.1) is 0 Å². The Bertz CT molecular complexity index is 1100. The van der Waals surface area contributed by atoms with Crippen molar-refractivity contribution in [2.45, 2.75) is 19.3 Å². The van der Waals surface area contributed by atoms with Crippen molar-refractivity contribution in [2.75, 3.05) is 0 Å². The molecule has 0 atom stereocenters. The number of carbonyl (C=O) groups is 1. The van der Waals surface area contributed by atoms with Gasteiger partial charge in [0.1, 0.15) is 0 Å². The number of rotatable bonds is 6. The molecule has 0 fully saturated rings. The number of halogens is 3. The molecule has 2 nitrogen and oxygen atoms in total. The Morgan fingerprint density at radius 2 is 0.771 bits per heavy atom. The molecular weight excluding hydrogens is 479 g/mol. The van der Waals surface area contributed by atoms with Gasteiger partial charge in [-0.2, -0.15) is 13.2 Å². The Labute approximate surface area is 205 Å². The molecule has 0 aliphatic heterocycles. The summed E-state index contributed by atoms with van der Waals surface area (Å²) in [5, 5.41) is 2.98. The van der Waals surface area contributed by atoms with Crippen LogP contribution in [0.2, 0.25) is 13.1 Å². The Kier molecular flexibility index (Phi) is 6.82. The van der Waals surface area contributed by atoms with Gasteiger partial charge in [0.2, 0.25) is 16.5 Å². The van der Waals surface area contributed by atoms with Crippen molar-refractivity contribution in [3.05, 3.63) is 121 Å². The largest absolute Gasteiger partial charge is 0.469 e. The molecule has 0 saturated heterocycles. The monoisotopic (exact) mass is 505 g/mol. The minimum absolute atomic E-state index is 0.745. The summed E-state index contributed by atoms with van der Waals surface area (Å²) in [5.74, 6) is -1.79. The molecular formula is C28H26F3NOSi2. The third kappa shape index (κ3) is 4.49. The first-order chi connectivity index (χ1) is 16.7. The fourth-order valence-corrected chi connectivity index (χ4v) is 16.1. The predicted molar refractivity (Wildman–Crippen MR) is 140 cm³/mol. The van der Waals surface area contributed by atoms with Crippen molar-refractivity contribution < 1.29 is 18.0 Å². The van der Waals surface area contributed by atoms with Crippen LogP contribution < -0.4 is 20.7 Å². The first-order valence-corrected chi connectivity index (χ1v) is 16.2. The molecule has 0 bridgehead atoms. The van der Waals surface area contributed by atoms with E-state index < -0.39 is 28.6 Å². The zero-order chi connectivity index (χ0) is 25.1. The van der Waals surface area contributed by atoms with E-state index >= 15 is 0 Å². The minimum atomic E-state index is -5.03. The third-order valence-electron chi connectivity index (χ3n) is 6.68. The Hall–Kier alpha value is -3.43. The third-order valence-corrected chi connectivity index (χ3v) is 17.4. The fraction of sp³-hybridized carbons (Fsp3) is 0.107. The normalized spacial score (nSPS) is 12.3. The maximum Gasteiger partial charge on any atom is 0.469 e. The lowest BCUT2D eigenvalue weighted by Gasteiger charge is -2.50. The van der Waals surface area contributed by atoms with Crippen molar-refractivity contribution in [3.63, 3.8) is 0 Å². The van der Waals surface area contributed by atoms with E-state index in [0.717, 1.165) is 20.7 Å². The zero-order valence-electron chi connectivity index (χ0n) is 19.5. The molecule has 35 heavy (non-hydrogen) atoms. The second kappa shape index (κ2) is 9.67. The molecule has 7 heteroatoms. The number of amides is 1. The highest BCUT2D eigenvalue weighted by Gasteiger charge is 2.58. The number of nitrogens with zero attached hydrogens (tertiary/aromatic N) is 1. The molecule has 0 radical (unpaired) electrons. The highest BCUT2D eigenvalue weighted by atomic mass is 28.4. The van der Waals surface area contributed by atoms with Gasteiger partial charge in [0, 0.05) is 0 Å². The number of hydrogen-bond donors (Lipinski definition) is 0. The molecule has 0 saturated carbocycles. The maximum absolute atomic E-state index is 14.5. The van der Waals surface area contributed by atoms with E-state index in [-0.39, 0.29) is 0 Å². The van der Waals surface area contributed by atoms with Gasteiger partial charge in [0.15, 0.2) is 0 Å². The van der Waals surface area contributed by atoms with Crippen molar-refractivity contribution >= 4 is 43.1 Å². The minimum Gasteiger partial charge on any atom is -0.373 e. The van der Waals surface area contributed by atoms with Crippen molar-refractivity contribution in [3.8, 4) is 0 Å². The topological polar surface area (TPSA) is 20.3 Å². The van der Waals surface area contributed by atoms with Gasteiger partial charge in [0.05, 0.1) is 0 Å². The molecule has 1 amide bonds. The molecule has 4 rings (SSSR count). The number of carbonyl (C=O) groups excluding carboxylic acids is 1. The molecule has 4 aromatic rings. The summed E-state index contributed by atoms with van der Waals surface area (Å²) in [5.41, 5.74) is 0. The molecule has 0 aliphatic carbocycles. The summed E-state index contributed by atoms with van der Waals surface area (Å²) in [6.45, 7) is 3.72. The molecule has 0 aromatic heterocycles. The summed E-state index contributed by atoms with van der Waals surface area (Å²) in [6.07, 6.45) is -5.03. The lowest BCUT2D eigenvalue weighted by atomic mass is 10.4. The van der Waals surface area contributed by atoms with Crippen LogP contribution in [0.5, 0.6) is 0 Å². The summed E-state index contributed by atoms with van der Waals surface area (Å²) >= 11 is 0. The van der Waals surface area contributed by atoms with Gasteiger partial charge in [-0.05, 0) is 33.8 Å². The average molecular weight is 506 g/mol. The van der Waals surface area contributed by atoms with E-state index in [0.29, 0.717) is 0 Å². The first kappa shape index (κ1) is 24.7. The maximum atomic E-state index is 14.5. The Morgan fingerprint density at radius 3 is 0.971 bits per heavy atom. The van der Waals surface area contributed by atoms with Crippen LogP contribution in [0.25, 0.3) is 0 Å². The van der Waals surface area contributed by atoms with Crippen molar-refractivity contribution in [1.29, 1.82) is 0 Å². The van der Waals surface area contributed by atoms with Crippen LogP contribution in [-0.4, -0.2) is 32.8 Å². The van der Waals surface area contributed by atoms with E-state index in [9.17, 15) is 18.0 Å². The quantitative estimate of drug-likeness (QED) is 0.361. The van der Waals surface area contributed by atoms with Crippen LogP contribution in [0.4, 0.5) is 13.2 Å². The summed E-state index contributed by atoms with van der Waals surface area (Å²) in [4.78, 5) is 13.6. The standard InChI is InChI=1S/C28H26F3NOSi2/c1-34(23-15-7-3-8-16-23,24-17-9-4-10-18-24)32(27(33)28(29,30)31)35(2,25-19-11-5-12-20-25)26-21-13-6-14-22-26/h3-22H,1-2H3. The average Bonchev–Trinajstić information content (AvgIpc) is 2.90. The molecule has 0 aliphatic rings. The van der Waals surface area contributed by atoms with Crippen molar-refractivity contribution in [1.82, 2.24) is 4.23 Å². The molecule has 0 N–H and O–H groups in total. The van der Waals surface area contributed by atoms with Crippen LogP contribution in [0.1, 0.15) is 0 Å². The van der Waals surface area contributed by atoms with Crippen LogP contribution in [0.15, 0.2) is 121 Å². The highest BCUT2D eigenvalue weighted by molar-refractivity contribution is 7.14. The van der Waals surface area contributed by atoms with Crippen LogP contribution >= 0.6 is 0 Å².